The summed E-state index contributed by atoms with van der Waals surface area (Å²) in [6.45, 7) is 5.65. The zero-order chi connectivity index (χ0) is 38.4. The van der Waals surface area contributed by atoms with Crippen LogP contribution in [-0.2, 0) is 19.1 Å². The van der Waals surface area contributed by atoms with Crippen LogP contribution >= 0.6 is 0 Å². The van der Waals surface area contributed by atoms with Gasteiger partial charge in [-0.05, 0) is 60.1 Å². The molecule has 0 N–H and O–H groups in total. The quantitative estimate of drug-likeness (QED) is 0.116. The number of carbonyl (C=O) groups is 4. The minimum atomic E-state index is -1.22. The Morgan fingerprint density at radius 1 is 0.518 bits per heavy atom. The highest BCUT2D eigenvalue weighted by Crippen LogP contribution is 2.37. The predicted octanol–water partition coefficient (Wildman–Crippen LogP) is 6.74. The molecule has 0 radical (unpaired) electrons. The number of amides is 2. The van der Waals surface area contributed by atoms with E-state index in [0.29, 0.717) is 48.2 Å². The zero-order valence-corrected chi connectivity index (χ0v) is 31.4. The number of rotatable bonds is 12. The first-order valence-corrected chi connectivity index (χ1v) is 19.6. The molecule has 4 aromatic carbocycles. The van der Waals surface area contributed by atoms with Gasteiger partial charge in [-0.3, -0.25) is 29.2 Å². The van der Waals surface area contributed by atoms with Crippen LogP contribution in [0.2, 0.25) is 0 Å². The maximum Gasteiger partial charge on any atom is 0.419 e. The van der Waals surface area contributed by atoms with Gasteiger partial charge in [0.05, 0.1) is 0 Å². The molecule has 2 atom stereocenters. The highest BCUT2D eigenvalue weighted by atomic mass is 16.6. The van der Waals surface area contributed by atoms with Crippen molar-refractivity contribution in [3.05, 3.63) is 155 Å². The van der Waals surface area contributed by atoms with Gasteiger partial charge in [-0.25, -0.2) is 9.59 Å². The molecule has 0 aromatic heterocycles. The molecule has 4 heterocycles. The van der Waals surface area contributed by atoms with Crippen LogP contribution in [0.4, 0.5) is 0 Å². The number of fused-ring (bicyclic) bond motifs is 2. The van der Waals surface area contributed by atoms with E-state index in [1.165, 1.54) is 32.1 Å². The largest absolute Gasteiger partial charge is 0.429 e. The number of nitrogens with zero attached hydrogens (tertiary/aromatic N) is 4. The Morgan fingerprint density at radius 2 is 0.911 bits per heavy atom. The van der Waals surface area contributed by atoms with Gasteiger partial charge in [-0.2, -0.15) is 0 Å². The third kappa shape index (κ3) is 7.94. The second kappa shape index (κ2) is 16.9. The molecule has 0 aliphatic carbocycles. The van der Waals surface area contributed by atoms with Crippen molar-refractivity contribution in [1.29, 1.82) is 0 Å². The van der Waals surface area contributed by atoms with Crippen LogP contribution in [0.25, 0.3) is 11.1 Å². The van der Waals surface area contributed by atoms with Gasteiger partial charge in [0.1, 0.15) is 0 Å². The van der Waals surface area contributed by atoms with Crippen molar-refractivity contribution in [2.24, 2.45) is 0 Å². The first-order chi connectivity index (χ1) is 27.4. The van der Waals surface area contributed by atoms with Crippen molar-refractivity contribution in [2.75, 3.05) is 52.4 Å². The molecule has 10 heteroatoms. The first-order valence-electron chi connectivity index (χ1n) is 19.6. The Bertz CT molecular complexity index is 2000. The van der Waals surface area contributed by atoms with Gasteiger partial charge in [0.2, 0.25) is 12.5 Å². The highest BCUT2D eigenvalue weighted by molar-refractivity contribution is 6.30. The lowest BCUT2D eigenvalue weighted by atomic mass is 9.99. The summed E-state index contributed by atoms with van der Waals surface area (Å²) in [4.78, 5) is 61.9. The molecular weight excluding hydrogens is 705 g/mol. The molecule has 4 aromatic rings. The fourth-order valence-electron chi connectivity index (χ4n) is 8.25. The number of ether oxygens (including phenoxy) is 2. The average Bonchev–Trinajstić information content (AvgIpc) is 3.67. The van der Waals surface area contributed by atoms with E-state index in [4.69, 9.17) is 9.47 Å². The molecule has 2 unspecified atom stereocenters. The van der Waals surface area contributed by atoms with E-state index in [2.05, 4.69) is 70.5 Å². The summed E-state index contributed by atoms with van der Waals surface area (Å²) in [6.07, 6.45) is 5.59. The van der Waals surface area contributed by atoms with Gasteiger partial charge in [-0.15, -0.1) is 0 Å². The summed E-state index contributed by atoms with van der Waals surface area (Å²) in [5.74, 6) is -2.94. The van der Waals surface area contributed by atoms with Crippen LogP contribution in [0.5, 0.6) is 0 Å². The summed E-state index contributed by atoms with van der Waals surface area (Å²) >= 11 is 0. The van der Waals surface area contributed by atoms with E-state index in [1.54, 1.807) is 48.5 Å². The molecule has 286 valence electrons. The summed E-state index contributed by atoms with van der Waals surface area (Å²) < 4.78 is 11.6. The Morgan fingerprint density at radius 3 is 1.30 bits per heavy atom. The monoisotopic (exact) mass is 750 g/mol. The van der Waals surface area contributed by atoms with Gasteiger partial charge in [0, 0.05) is 74.6 Å². The number of hydrogen-bond donors (Lipinski definition) is 0. The van der Waals surface area contributed by atoms with Crippen LogP contribution < -0.4 is 0 Å². The molecule has 0 spiro atoms. The van der Waals surface area contributed by atoms with Crippen LogP contribution in [-0.4, -0.2) is 95.7 Å². The SMILES string of the molecule is O=C(OC1c2ccccc2C(=O)N1CCCN1CC=C(c2ccccc2)CC1)C(=O)OC1c2ccccc2C(=O)N1CCCN1CC=C(c2ccccc2)CC1. The van der Waals surface area contributed by atoms with Gasteiger partial charge in [0.15, 0.2) is 0 Å². The topological polar surface area (TPSA) is 99.7 Å². The summed E-state index contributed by atoms with van der Waals surface area (Å²) in [5.41, 5.74) is 7.10. The van der Waals surface area contributed by atoms with Gasteiger partial charge >= 0.3 is 11.9 Å². The normalized spacial score (nSPS) is 19.6. The molecule has 10 nitrogen and oxygen atoms in total. The van der Waals surface area contributed by atoms with Crippen molar-refractivity contribution < 1.29 is 28.7 Å². The summed E-state index contributed by atoms with van der Waals surface area (Å²) in [7, 11) is 0. The lowest BCUT2D eigenvalue weighted by molar-refractivity contribution is -0.182. The highest BCUT2D eigenvalue weighted by Gasteiger charge is 2.43. The molecule has 0 saturated heterocycles. The second-order valence-corrected chi connectivity index (χ2v) is 14.7. The smallest absolute Gasteiger partial charge is 0.419 e. The second-order valence-electron chi connectivity index (χ2n) is 14.7. The number of hydrogen-bond acceptors (Lipinski definition) is 8. The van der Waals surface area contributed by atoms with E-state index >= 15 is 0 Å². The lowest BCUT2D eigenvalue weighted by Gasteiger charge is -2.29. The Kier molecular flexibility index (Phi) is 11.2. The van der Waals surface area contributed by atoms with Gasteiger partial charge < -0.3 is 9.47 Å². The minimum Gasteiger partial charge on any atom is -0.429 e. The van der Waals surface area contributed by atoms with E-state index < -0.39 is 24.4 Å². The molecule has 8 rings (SSSR count). The molecule has 0 saturated carbocycles. The molecule has 56 heavy (non-hydrogen) atoms. The van der Waals surface area contributed by atoms with Crippen LogP contribution in [0.1, 0.15) is 81.1 Å². The molecule has 4 aliphatic heterocycles. The molecular formula is C46H46N4O6. The van der Waals surface area contributed by atoms with Crippen molar-refractivity contribution >= 4 is 34.9 Å². The molecule has 2 amide bonds. The maximum atomic E-state index is 13.6. The molecule has 4 aliphatic rings. The van der Waals surface area contributed by atoms with Crippen LogP contribution in [0, 0.1) is 0 Å². The first kappa shape index (κ1) is 37.1. The minimum absolute atomic E-state index is 0.251. The van der Waals surface area contributed by atoms with Crippen molar-refractivity contribution in [2.45, 2.75) is 38.1 Å². The Labute approximate surface area is 327 Å². The van der Waals surface area contributed by atoms with Gasteiger partial charge in [0.25, 0.3) is 11.8 Å². The van der Waals surface area contributed by atoms with Crippen molar-refractivity contribution in [3.63, 3.8) is 0 Å². The van der Waals surface area contributed by atoms with E-state index in [1.807, 2.05) is 12.1 Å². The fourth-order valence-corrected chi connectivity index (χ4v) is 8.25. The standard InChI is InChI=1S/C46H46N4O6/c51-41-37-17-7-9-19-39(37)43(49(41)27-11-25-47-29-21-35(22-30-47)33-13-3-1-4-14-33)55-45(53)46(54)56-44-40-20-10-8-18-38(40)42(52)50(44)28-12-26-48-31-23-36(24-32-48)34-15-5-2-6-16-34/h1-10,13-21,23,43-44H,11-12,22,24-32H2. The third-order valence-corrected chi connectivity index (χ3v) is 11.2. The van der Waals surface area contributed by atoms with Crippen LogP contribution in [0.15, 0.2) is 121 Å². The number of benzene rings is 4. The van der Waals surface area contributed by atoms with E-state index in [-0.39, 0.29) is 11.8 Å². The van der Waals surface area contributed by atoms with Crippen LogP contribution in [0.3, 0.4) is 0 Å². The molecule has 0 bridgehead atoms. The molecule has 0 fully saturated rings. The Balaban J connectivity index is 0.884. The summed E-state index contributed by atoms with van der Waals surface area (Å²) in [6, 6.07) is 34.8. The van der Waals surface area contributed by atoms with Crippen molar-refractivity contribution in [1.82, 2.24) is 19.6 Å². The van der Waals surface area contributed by atoms with E-state index in [9.17, 15) is 19.2 Å². The van der Waals surface area contributed by atoms with E-state index in [0.717, 1.165) is 52.1 Å². The maximum absolute atomic E-state index is 13.6. The Hall–Kier alpha value is -5.84. The fraction of sp³-hybridized carbons (Fsp3) is 0.304. The van der Waals surface area contributed by atoms with Crippen molar-refractivity contribution in [3.8, 4) is 0 Å². The number of carbonyl (C=O) groups excluding carboxylic acids is 4. The third-order valence-electron chi connectivity index (χ3n) is 11.2. The van der Waals surface area contributed by atoms with Gasteiger partial charge in [-0.1, -0.05) is 109 Å². The summed E-state index contributed by atoms with van der Waals surface area (Å²) in [5, 5.41) is 0. The lowest BCUT2D eigenvalue weighted by Crippen LogP contribution is -2.38. The average molecular weight is 751 g/mol. The number of esters is 2. The zero-order valence-electron chi connectivity index (χ0n) is 31.4. The predicted molar refractivity (Wildman–Crippen MR) is 213 cm³/mol.